The normalized spacial score (nSPS) is 10.9. The van der Waals surface area contributed by atoms with E-state index < -0.39 is 0 Å². The second-order valence-corrected chi connectivity index (χ2v) is 8.67. The van der Waals surface area contributed by atoms with Crippen molar-refractivity contribution in [2.45, 2.75) is 13.8 Å². The molecule has 0 saturated carbocycles. The number of rotatable bonds is 6. The molecule has 5 nitrogen and oxygen atoms in total. The van der Waals surface area contributed by atoms with E-state index in [2.05, 4.69) is 27.0 Å². The molecule has 0 spiro atoms. The number of ether oxygens (including phenoxy) is 2. The Morgan fingerprint density at radius 2 is 1.47 bits per heavy atom. The number of aliphatic imine (C=N–C) groups is 1. The molecule has 0 atom stereocenters. The molecule has 0 aliphatic heterocycles. The summed E-state index contributed by atoms with van der Waals surface area (Å²) in [5, 5.41) is 10.1. The molecule has 0 aliphatic rings. The van der Waals surface area contributed by atoms with Crippen molar-refractivity contribution in [3.63, 3.8) is 0 Å². The van der Waals surface area contributed by atoms with Crippen LogP contribution in [0, 0.1) is 25.2 Å². The van der Waals surface area contributed by atoms with Crippen LogP contribution in [0.3, 0.4) is 0 Å². The summed E-state index contributed by atoms with van der Waals surface area (Å²) in [4.78, 5) is 4.56. The molecule has 170 valence electrons. The maximum absolute atomic E-state index is 10.1. The van der Waals surface area contributed by atoms with Gasteiger partial charge in [0.1, 0.15) is 28.9 Å². The summed E-state index contributed by atoms with van der Waals surface area (Å²) >= 11 is 3.50. The van der Waals surface area contributed by atoms with Gasteiger partial charge in [-0.2, -0.15) is 5.26 Å². The van der Waals surface area contributed by atoms with Crippen molar-refractivity contribution in [1.29, 1.82) is 5.26 Å². The molecule has 0 saturated heterocycles. The first-order valence-corrected chi connectivity index (χ1v) is 11.4. The highest BCUT2D eigenvalue weighted by Gasteiger charge is 2.23. The summed E-state index contributed by atoms with van der Waals surface area (Å²) in [6, 6.07) is 22.0. The number of benzene rings is 3. The molecule has 0 amide bonds. The molecule has 6 heteroatoms. The van der Waals surface area contributed by atoms with Gasteiger partial charge in [-0.15, -0.1) is 0 Å². The smallest absolute Gasteiger partial charge is 0.238 e. The van der Waals surface area contributed by atoms with E-state index in [1.165, 1.54) is 0 Å². The molecule has 4 aromatic rings. The van der Waals surface area contributed by atoms with Crippen LogP contribution in [0.5, 0.6) is 11.5 Å². The largest absolute Gasteiger partial charge is 0.496 e. The molecular formula is C28H23BrN2O3. The van der Waals surface area contributed by atoms with Gasteiger partial charge in [-0.1, -0.05) is 59.7 Å². The first-order chi connectivity index (χ1) is 16.4. The van der Waals surface area contributed by atoms with Crippen molar-refractivity contribution < 1.29 is 13.9 Å². The third kappa shape index (κ3) is 4.61. The van der Waals surface area contributed by atoms with Crippen LogP contribution in [0.4, 0.5) is 5.88 Å². The second kappa shape index (κ2) is 9.98. The Labute approximate surface area is 207 Å². The summed E-state index contributed by atoms with van der Waals surface area (Å²) in [5.41, 5.74) is 5.87. The average molecular weight is 515 g/mol. The first-order valence-electron chi connectivity index (χ1n) is 10.6. The van der Waals surface area contributed by atoms with E-state index in [9.17, 15) is 5.26 Å². The van der Waals surface area contributed by atoms with Crippen molar-refractivity contribution in [3.05, 3.63) is 87.4 Å². The Balaban J connectivity index is 1.88. The van der Waals surface area contributed by atoms with Crippen LogP contribution in [-0.2, 0) is 0 Å². The van der Waals surface area contributed by atoms with Crippen molar-refractivity contribution in [2.24, 2.45) is 4.99 Å². The van der Waals surface area contributed by atoms with Crippen LogP contribution in [0.2, 0.25) is 0 Å². The van der Waals surface area contributed by atoms with E-state index in [0.717, 1.165) is 32.3 Å². The summed E-state index contributed by atoms with van der Waals surface area (Å²) in [6.07, 6.45) is 1.63. The molecule has 0 bridgehead atoms. The Morgan fingerprint density at radius 3 is 2.03 bits per heavy atom. The third-order valence-electron chi connectivity index (χ3n) is 5.48. The van der Waals surface area contributed by atoms with Crippen molar-refractivity contribution in [3.8, 4) is 40.0 Å². The van der Waals surface area contributed by atoms with Gasteiger partial charge in [-0.25, -0.2) is 4.99 Å². The molecule has 0 N–H and O–H groups in total. The van der Waals surface area contributed by atoms with Gasteiger partial charge in [0.25, 0.3) is 0 Å². The number of nitrogens with zero attached hydrogens (tertiary/aromatic N) is 2. The summed E-state index contributed by atoms with van der Waals surface area (Å²) in [6.45, 7) is 4.06. The summed E-state index contributed by atoms with van der Waals surface area (Å²) in [5.74, 6) is 2.08. The third-order valence-corrected chi connectivity index (χ3v) is 6.10. The minimum absolute atomic E-state index is 0.239. The van der Waals surface area contributed by atoms with E-state index in [-0.39, 0.29) is 5.88 Å². The first kappa shape index (κ1) is 23.3. The number of hydrogen-bond donors (Lipinski definition) is 0. The fraction of sp³-hybridized carbons (Fsp3) is 0.143. The summed E-state index contributed by atoms with van der Waals surface area (Å²) < 4.78 is 17.8. The van der Waals surface area contributed by atoms with Gasteiger partial charge in [0, 0.05) is 29.0 Å². The molecule has 0 radical (unpaired) electrons. The predicted molar refractivity (Wildman–Crippen MR) is 138 cm³/mol. The van der Waals surface area contributed by atoms with E-state index in [4.69, 9.17) is 13.9 Å². The van der Waals surface area contributed by atoms with Crippen molar-refractivity contribution >= 4 is 28.0 Å². The summed E-state index contributed by atoms with van der Waals surface area (Å²) in [7, 11) is 3.17. The lowest BCUT2D eigenvalue weighted by atomic mass is 9.97. The topological polar surface area (TPSA) is 67.8 Å². The van der Waals surface area contributed by atoms with Crippen LogP contribution >= 0.6 is 15.9 Å². The highest BCUT2D eigenvalue weighted by Crippen LogP contribution is 2.43. The van der Waals surface area contributed by atoms with Gasteiger partial charge in [-0.3, -0.25) is 0 Å². The lowest BCUT2D eigenvalue weighted by Gasteiger charge is -2.09. The highest BCUT2D eigenvalue weighted by atomic mass is 79.9. The number of aryl methyl sites for hydroxylation is 2. The minimum Gasteiger partial charge on any atom is -0.496 e. The SMILES string of the molecule is COc1cc(OC)c(C=Nc2oc(-c3ccc(C)cc3)c(-c3ccc(C)cc3)c2C#N)cc1Br. The molecule has 0 fully saturated rings. The number of halogens is 1. The predicted octanol–water partition coefficient (Wildman–Crippen LogP) is 7.63. The molecule has 0 aliphatic carbocycles. The number of nitriles is 1. The molecule has 3 aromatic carbocycles. The van der Waals surface area contributed by atoms with E-state index in [1.54, 1.807) is 26.5 Å². The van der Waals surface area contributed by atoms with E-state index in [0.29, 0.717) is 28.4 Å². The van der Waals surface area contributed by atoms with Gasteiger partial charge < -0.3 is 13.9 Å². The van der Waals surface area contributed by atoms with Crippen LogP contribution in [0.15, 0.2) is 74.5 Å². The maximum atomic E-state index is 10.1. The van der Waals surface area contributed by atoms with Crippen LogP contribution in [0.1, 0.15) is 22.3 Å². The zero-order chi connectivity index (χ0) is 24.2. The zero-order valence-corrected chi connectivity index (χ0v) is 20.9. The lowest BCUT2D eigenvalue weighted by molar-refractivity contribution is 0.392. The fourth-order valence-corrected chi connectivity index (χ4v) is 4.15. The molecule has 1 heterocycles. The monoisotopic (exact) mass is 514 g/mol. The average Bonchev–Trinajstić information content (AvgIpc) is 3.22. The molecule has 0 unspecified atom stereocenters. The van der Waals surface area contributed by atoms with Crippen LogP contribution in [-0.4, -0.2) is 20.4 Å². The number of methoxy groups -OCH3 is 2. The molecule has 4 rings (SSSR count). The van der Waals surface area contributed by atoms with Crippen molar-refractivity contribution in [2.75, 3.05) is 14.2 Å². The van der Waals surface area contributed by atoms with Crippen LogP contribution in [0.25, 0.3) is 22.5 Å². The maximum Gasteiger partial charge on any atom is 0.238 e. The van der Waals surface area contributed by atoms with Gasteiger partial charge in [0.2, 0.25) is 5.88 Å². The number of hydrogen-bond acceptors (Lipinski definition) is 5. The second-order valence-electron chi connectivity index (χ2n) is 7.82. The highest BCUT2D eigenvalue weighted by molar-refractivity contribution is 9.10. The van der Waals surface area contributed by atoms with E-state index >= 15 is 0 Å². The molecule has 34 heavy (non-hydrogen) atoms. The van der Waals surface area contributed by atoms with E-state index in [1.807, 2.05) is 68.4 Å². The fourth-order valence-electron chi connectivity index (χ4n) is 3.63. The quantitative estimate of drug-likeness (QED) is 0.248. The number of furan rings is 1. The standard InChI is InChI=1S/C28H23BrN2O3/c1-17-5-9-19(10-6-17)26-22(15-30)28(34-27(26)20-11-7-18(2)8-12-20)31-16-21-13-23(29)25(33-4)14-24(21)32-3/h5-14,16H,1-4H3. The van der Waals surface area contributed by atoms with Crippen molar-refractivity contribution in [1.82, 2.24) is 0 Å². The Morgan fingerprint density at radius 1 is 0.882 bits per heavy atom. The Bertz CT molecular complexity index is 1400. The minimum atomic E-state index is 0.239. The van der Waals surface area contributed by atoms with Gasteiger partial charge in [0.15, 0.2) is 0 Å². The Kier molecular flexibility index (Phi) is 6.85. The zero-order valence-electron chi connectivity index (χ0n) is 19.3. The van der Waals surface area contributed by atoms with Gasteiger partial charge in [0.05, 0.1) is 18.7 Å². The molecule has 1 aromatic heterocycles. The van der Waals surface area contributed by atoms with Gasteiger partial charge >= 0.3 is 0 Å². The lowest BCUT2D eigenvalue weighted by Crippen LogP contribution is -1.94. The van der Waals surface area contributed by atoms with Crippen LogP contribution < -0.4 is 9.47 Å². The van der Waals surface area contributed by atoms with Gasteiger partial charge in [-0.05, 0) is 41.4 Å². The Hall–Kier alpha value is -3.82. The molecular weight excluding hydrogens is 492 g/mol.